The Hall–Kier alpha value is -4.49. The Kier molecular flexibility index (Phi) is 8.05. The first kappa shape index (κ1) is 24.6. The molecule has 6 nitrogen and oxygen atoms in total. The summed E-state index contributed by atoms with van der Waals surface area (Å²) in [6.07, 6.45) is 2.24. The van der Waals surface area contributed by atoms with Crippen molar-refractivity contribution in [2.75, 3.05) is 13.2 Å². The van der Waals surface area contributed by atoms with Crippen LogP contribution in [0.4, 0.5) is 4.39 Å². The number of nitrogens with one attached hydrogen (secondary N) is 2. The molecule has 0 saturated carbocycles. The molecule has 182 valence electrons. The van der Waals surface area contributed by atoms with E-state index in [0.717, 1.165) is 16.3 Å². The van der Waals surface area contributed by atoms with Crippen LogP contribution in [0.25, 0.3) is 16.8 Å². The minimum atomic E-state index is -0.622. The largest absolute Gasteiger partial charge is 0.488 e. The lowest BCUT2D eigenvalue weighted by atomic mass is 10.1. The van der Waals surface area contributed by atoms with Gasteiger partial charge in [-0.15, -0.1) is 0 Å². The molecule has 36 heavy (non-hydrogen) atoms. The number of fused-ring (bicyclic) bond motifs is 1. The fraction of sp³-hybridized carbons (Fsp3) is 0.103. The summed E-state index contributed by atoms with van der Waals surface area (Å²) in [4.78, 5) is 24.7. The molecule has 7 heteroatoms. The van der Waals surface area contributed by atoms with Gasteiger partial charge in [-0.25, -0.2) is 9.87 Å². The molecule has 0 fully saturated rings. The SMILES string of the molecule is O=C(NCCc1ccc(F)cc1)/C(=C/c1ccc(C(=O)NO)cc1)COc1cccc2ccccc12. The predicted octanol–water partition coefficient (Wildman–Crippen LogP) is 4.92. The average Bonchev–Trinajstić information content (AvgIpc) is 2.92. The minimum absolute atomic E-state index is 0.0231. The predicted molar refractivity (Wildman–Crippen MR) is 136 cm³/mol. The van der Waals surface area contributed by atoms with E-state index in [1.54, 1.807) is 48.0 Å². The van der Waals surface area contributed by atoms with Gasteiger partial charge in [-0.1, -0.05) is 60.7 Å². The van der Waals surface area contributed by atoms with Gasteiger partial charge in [0.1, 0.15) is 18.2 Å². The fourth-order valence-electron chi connectivity index (χ4n) is 3.73. The molecule has 0 atom stereocenters. The third kappa shape index (κ3) is 6.34. The molecule has 4 rings (SSSR count). The molecule has 0 saturated heterocycles. The fourth-order valence-corrected chi connectivity index (χ4v) is 3.73. The molecule has 0 heterocycles. The number of carbonyl (C=O) groups is 2. The lowest BCUT2D eigenvalue weighted by molar-refractivity contribution is -0.117. The van der Waals surface area contributed by atoms with E-state index in [0.29, 0.717) is 29.9 Å². The monoisotopic (exact) mass is 484 g/mol. The normalized spacial score (nSPS) is 11.2. The van der Waals surface area contributed by atoms with Crippen molar-refractivity contribution in [3.8, 4) is 5.75 Å². The van der Waals surface area contributed by atoms with Crippen molar-refractivity contribution in [2.45, 2.75) is 6.42 Å². The number of hydroxylamine groups is 1. The van der Waals surface area contributed by atoms with Crippen molar-refractivity contribution in [2.24, 2.45) is 0 Å². The van der Waals surface area contributed by atoms with Gasteiger partial charge in [-0.2, -0.15) is 0 Å². The molecule has 0 radical (unpaired) electrons. The van der Waals surface area contributed by atoms with Crippen molar-refractivity contribution >= 4 is 28.7 Å². The molecule has 4 aromatic rings. The molecular weight excluding hydrogens is 459 g/mol. The van der Waals surface area contributed by atoms with E-state index in [1.807, 2.05) is 42.5 Å². The molecule has 0 aliphatic rings. The summed E-state index contributed by atoms with van der Waals surface area (Å²) in [6, 6.07) is 26.2. The first-order chi connectivity index (χ1) is 17.5. The summed E-state index contributed by atoms with van der Waals surface area (Å²) >= 11 is 0. The Bertz CT molecular complexity index is 1380. The van der Waals surface area contributed by atoms with Gasteiger partial charge < -0.3 is 10.1 Å². The smallest absolute Gasteiger partial charge is 0.274 e. The molecule has 0 aliphatic heterocycles. The van der Waals surface area contributed by atoms with E-state index in [4.69, 9.17) is 9.94 Å². The second-order valence-corrected chi connectivity index (χ2v) is 8.13. The molecule has 4 aromatic carbocycles. The topological polar surface area (TPSA) is 87.7 Å². The number of rotatable bonds is 9. The van der Waals surface area contributed by atoms with Crippen LogP contribution in [-0.4, -0.2) is 30.2 Å². The maximum atomic E-state index is 13.1. The zero-order valence-electron chi connectivity index (χ0n) is 19.4. The van der Waals surface area contributed by atoms with Gasteiger partial charge >= 0.3 is 0 Å². The Labute approximate surface area is 208 Å². The first-order valence-corrected chi connectivity index (χ1v) is 11.4. The Balaban J connectivity index is 1.51. The van der Waals surface area contributed by atoms with Crippen LogP contribution in [-0.2, 0) is 11.2 Å². The second kappa shape index (κ2) is 11.8. The Morgan fingerprint density at radius 3 is 2.36 bits per heavy atom. The molecule has 3 N–H and O–H groups in total. The van der Waals surface area contributed by atoms with Gasteiger partial charge in [0.05, 0.1) is 5.57 Å². The van der Waals surface area contributed by atoms with Crippen LogP contribution in [0.3, 0.4) is 0 Å². The van der Waals surface area contributed by atoms with Gasteiger partial charge in [0.15, 0.2) is 0 Å². The Morgan fingerprint density at radius 2 is 1.61 bits per heavy atom. The van der Waals surface area contributed by atoms with Crippen molar-refractivity contribution in [1.82, 2.24) is 10.8 Å². The van der Waals surface area contributed by atoms with Gasteiger partial charge in [0.2, 0.25) is 0 Å². The number of carbonyl (C=O) groups excluding carboxylic acids is 2. The number of amides is 2. The van der Waals surface area contributed by atoms with E-state index in [9.17, 15) is 14.0 Å². The number of ether oxygens (including phenoxy) is 1. The molecular formula is C29H25FN2O4. The van der Waals surface area contributed by atoms with Crippen molar-refractivity contribution < 1.29 is 23.9 Å². The third-order valence-electron chi connectivity index (χ3n) is 5.65. The van der Waals surface area contributed by atoms with Crippen LogP contribution >= 0.6 is 0 Å². The Morgan fingerprint density at radius 1 is 0.889 bits per heavy atom. The first-order valence-electron chi connectivity index (χ1n) is 11.4. The lowest BCUT2D eigenvalue weighted by Gasteiger charge is -2.13. The van der Waals surface area contributed by atoms with Gasteiger partial charge in [-0.05, 0) is 59.3 Å². The number of halogens is 1. The second-order valence-electron chi connectivity index (χ2n) is 8.13. The third-order valence-corrected chi connectivity index (χ3v) is 5.65. The highest BCUT2D eigenvalue weighted by Crippen LogP contribution is 2.25. The number of benzene rings is 4. The minimum Gasteiger partial charge on any atom is -0.488 e. The lowest BCUT2D eigenvalue weighted by Crippen LogP contribution is -2.29. The van der Waals surface area contributed by atoms with E-state index < -0.39 is 5.91 Å². The molecule has 0 aromatic heterocycles. The van der Waals surface area contributed by atoms with Crippen LogP contribution in [0.2, 0.25) is 0 Å². The highest BCUT2D eigenvalue weighted by molar-refractivity contribution is 5.98. The summed E-state index contributed by atoms with van der Waals surface area (Å²) in [6.45, 7) is 0.390. The summed E-state index contributed by atoms with van der Waals surface area (Å²) in [7, 11) is 0. The van der Waals surface area contributed by atoms with Gasteiger partial charge in [0, 0.05) is 17.5 Å². The molecule has 0 bridgehead atoms. The highest BCUT2D eigenvalue weighted by atomic mass is 19.1. The molecule has 0 unspecified atom stereocenters. The van der Waals surface area contributed by atoms with Crippen LogP contribution in [0.1, 0.15) is 21.5 Å². The molecule has 2 amide bonds. The molecule has 0 spiro atoms. The number of hydrogen-bond donors (Lipinski definition) is 3. The maximum absolute atomic E-state index is 13.1. The van der Waals surface area contributed by atoms with Crippen molar-refractivity contribution in [3.63, 3.8) is 0 Å². The van der Waals surface area contributed by atoms with E-state index in [1.165, 1.54) is 12.1 Å². The van der Waals surface area contributed by atoms with Crippen molar-refractivity contribution in [1.29, 1.82) is 0 Å². The van der Waals surface area contributed by atoms with E-state index >= 15 is 0 Å². The summed E-state index contributed by atoms with van der Waals surface area (Å²) < 4.78 is 19.2. The standard InChI is InChI=1S/C29H25FN2O4/c30-25-14-10-20(11-15-25)16-17-31-28(33)24(18-21-8-12-23(13-9-21)29(34)32-35)19-36-27-7-3-5-22-4-1-2-6-26(22)27/h1-15,18,35H,16-17,19H2,(H,31,33)(H,32,34)/b24-18+. The van der Waals surface area contributed by atoms with Crippen LogP contribution in [0, 0.1) is 5.82 Å². The van der Waals surface area contributed by atoms with Crippen LogP contribution in [0.15, 0.2) is 96.6 Å². The highest BCUT2D eigenvalue weighted by Gasteiger charge is 2.12. The van der Waals surface area contributed by atoms with Crippen LogP contribution < -0.4 is 15.5 Å². The summed E-state index contributed by atoms with van der Waals surface area (Å²) in [5.41, 5.74) is 3.87. The average molecular weight is 485 g/mol. The number of hydrogen-bond acceptors (Lipinski definition) is 4. The van der Waals surface area contributed by atoms with Crippen molar-refractivity contribution in [3.05, 3.63) is 119 Å². The zero-order chi connectivity index (χ0) is 25.3. The summed E-state index contributed by atoms with van der Waals surface area (Å²) in [5.74, 6) is -0.563. The van der Waals surface area contributed by atoms with Gasteiger partial charge in [0.25, 0.3) is 11.8 Å². The van der Waals surface area contributed by atoms with Crippen LogP contribution in [0.5, 0.6) is 5.75 Å². The summed E-state index contributed by atoms with van der Waals surface area (Å²) in [5, 5.41) is 13.7. The van der Waals surface area contributed by atoms with E-state index in [-0.39, 0.29) is 23.9 Å². The molecule has 0 aliphatic carbocycles. The maximum Gasteiger partial charge on any atom is 0.274 e. The van der Waals surface area contributed by atoms with Gasteiger partial charge in [-0.3, -0.25) is 14.8 Å². The zero-order valence-corrected chi connectivity index (χ0v) is 19.4. The quantitative estimate of drug-likeness (QED) is 0.179. The van der Waals surface area contributed by atoms with E-state index in [2.05, 4.69) is 5.32 Å².